The first kappa shape index (κ1) is 101. The SMILES string of the molecule is CCCCCCCCCCCCCCCCCCCCCCCCC(=O)O[C@H](COC(=O)CCCCCCCCCCCCCCCCCCC(C)C)COP(=O)(O)OC[C@@H](O)COP(=O)(O)OC[C@@H](COC(=O)CCCCCCC)OC(=O)CCCCCCCCCCCCCCCCCCC. The zero-order valence-corrected chi connectivity index (χ0v) is 69.3. The van der Waals surface area contributed by atoms with Crippen molar-refractivity contribution < 1.29 is 80.2 Å². The van der Waals surface area contributed by atoms with Crippen molar-refractivity contribution in [1.82, 2.24) is 0 Å². The highest BCUT2D eigenvalue weighted by Gasteiger charge is 2.30. The van der Waals surface area contributed by atoms with Crippen LogP contribution in [0.4, 0.5) is 0 Å². The van der Waals surface area contributed by atoms with E-state index in [1.807, 2.05) is 0 Å². The van der Waals surface area contributed by atoms with Crippen LogP contribution in [-0.4, -0.2) is 96.7 Å². The van der Waals surface area contributed by atoms with Gasteiger partial charge in [-0.15, -0.1) is 0 Å². The fourth-order valence-electron chi connectivity index (χ4n) is 13.1. The fraction of sp³-hybridized carbons (Fsp3) is 0.952. The summed E-state index contributed by atoms with van der Waals surface area (Å²) in [4.78, 5) is 72.8. The average Bonchev–Trinajstić information content (AvgIpc) is 0.927. The van der Waals surface area contributed by atoms with Gasteiger partial charge in [-0.2, -0.15) is 0 Å². The topological polar surface area (TPSA) is 237 Å². The lowest BCUT2D eigenvalue weighted by molar-refractivity contribution is -0.161. The van der Waals surface area contributed by atoms with Crippen molar-refractivity contribution in [2.24, 2.45) is 5.92 Å². The molecule has 2 unspecified atom stereocenters. The highest BCUT2D eigenvalue weighted by molar-refractivity contribution is 7.47. The van der Waals surface area contributed by atoms with E-state index in [-0.39, 0.29) is 25.7 Å². The van der Waals surface area contributed by atoms with Gasteiger partial charge in [0.15, 0.2) is 12.2 Å². The Bertz CT molecular complexity index is 1960. The zero-order valence-electron chi connectivity index (χ0n) is 67.5. The largest absolute Gasteiger partial charge is 0.472 e. The molecule has 0 amide bonds. The summed E-state index contributed by atoms with van der Waals surface area (Å²) in [5.74, 6) is -1.30. The summed E-state index contributed by atoms with van der Waals surface area (Å²) in [6.45, 7) is 7.29. The molecule has 0 aliphatic heterocycles. The standard InChI is InChI=1S/C84H164O17P2/c1-6-9-12-15-17-19-21-23-25-27-28-29-30-31-33-39-43-47-51-55-60-65-70-84(89)101-80(74-95-82(87)68-63-58-53-49-45-41-37-35-34-36-40-44-48-52-57-61-66-77(4)5)76-99-103(92,93)97-72-78(85)71-96-102(90,91)98-75-79(73-94-81(86)67-62-56-14-11-8-3)100-83(88)69-64-59-54-50-46-42-38-32-26-24-22-20-18-16-13-10-7-2/h77-80,85H,6-76H2,1-5H3,(H,90,91)(H,92,93)/t78-,79+,80+/m0/s1. The van der Waals surface area contributed by atoms with E-state index >= 15 is 0 Å². The van der Waals surface area contributed by atoms with Crippen LogP contribution in [0, 0.1) is 5.92 Å². The van der Waals surface area contributed by atoms with Crippen LogP contribution >= 0.6 is 15.6 Å². The van der Waals surface area contributed by atoms with Crippen LogP contribution in [0.1, 0.15) is 452 Å². The lowest BCUT2D eigenvalue weighted by atomic mass is 10.0. The van der Waals surface area contributed by atoms with E-state index in [9.17, 15) is 43.2 Å². The molecule has 0 heterocycles. The van der Waals surface area contributed by atoms with Crippen LogP contribution < -0.4 is 0 Å². The lowest BCUT2D eigenvalue weighted by Gasteiger charge is -2.21. The molecule has 5 atom stereocenters. The second-order valence-electron chi connectivity index (χ2n) is 30.7. The minimum atomic E-state index is -4.96. The van der Waals surface area contributed by atoms with Gasteiger partial charge < -0.3 is 33.8 Å². The zero-order chi connectivity index (χ0) is 75.5. The summed E-state index contributed by atoms with van der Waals surface area (Å²) in [5, 5.41) is 10.6. The Kier molecular flexibility index (Phi) is 75.4. The van der Waals surface area contributed by atoms with E-state index in [0.717, 1.165) is 102 Å². The molecule has 0 spiro atoms. The maximum atomic E-state index is 13.1. The van der Waals surface area contributed by atoms with E-state index in [1.54, 1.807) is 0 Å². The third kappa shape index (κ3) is 78.0. The number of esters is 4. The van der Waals surface area contributed by atoms with Crippen LogP contribution in [0.2, 0.25) is 0 Å². The summed E-state index contributed by atoms with van der Waals surface area (Å²) < 4.78 is 68.6. The molecule has 0 rings (SSSR count). The van der Waals surface area contributed by atoms with Gasteiger partial charge in [0.2, 0.25) is 0 Å². The summed E-state index contributed by atoms with van der Waals surface area (Å²) in [5.41, 5.74) is 0. The Hall–Kier alpha value is -1.94. The number of phosphoric ester groups is 2. The molecule has 0 fully saturated rings. The van der Waals surface area contributed by atoms with Gasteiger partial charge in [0.05, 0.1) is 26.4 Å². The highest BCUT2D eigenvalue weighted by atomic mass is 31.2. The van der Waals surface area contributed by atoms with Crippen molar-refractivity contribution in [3.63, 3.8) is 0 Å². The molecule has 17 nitrogen and oxygen atoms in total. The predicted octanol–water partition coefficient (Wildman–Crippen LogP) is 25.6. The number of aliphatic hydroxyl groups is 1. The van der Waals surface area contributed by atoms with Gasteiger partial charge in [0, 0.05) is 25.7 Å². The molecule has 0 aromatic rings. The first-order valence-corrected chi connectivity index (χ1v) is 46.6. The molecule has 0 saturated carbocycles. The quantitative estimate of drug-likeness (QED) is 0.0222. The van der Waals surface area contributed by atoms with Crippen LogP contribution in [0.5, 0.6) is 0 Å². The molecule has 0 aromatic carbocycles. The Labute approximate surface area is 632 Å². The van der Waals surface area contributed by atoms with Gasteiger partial charge >= 0.3 is 39.5 Å². The first-order valence-electron chi connectivity index (χ1n) is 43.6. The average molecular weight is 1510 g/mol. The molecular formula is C84H164O17P2. The molecule has 0 bridgehead atoms. The van der Waals surface area contributed by atoms with E-state index in [2.05, 4.69) is 34.6 Å². The summed E-state index contributed by atoms with van der Waals surface area (Å²) in [6, 6.07) is 0. The van der Waals surface area contributed by atoms with Gasteiger partial charge in [0.25, 0.3) is 0 Å². The van der Waals surface area contributed by atoms with Crippen molar-refractivity contribution in [3.05, 3.63) is 0 Å². The molecule has 0 aliphatic carbocycles. The third-order valence-corrected chi connectivity index (χ3v) is 21.7. The van der Waals surface area contributed by atoms with E-state index in [4.69, 9.17) is 37.0 Å². The molecule has 0 aromatic heterocycles. The van der Waals surface area contributed by atoms with Crippen LogP contribution in [0.15, 0.2) is 0 Å². The minimum Gasteiger partial charge on any atom is -0.462 e. The maximum absolute atomic E-state index is 13.1. The number of phosphoric acid groups is 2. The Balaban J connectivity index is 5.10. The Morgan fingerprint density at radius 1 is 0.262 bits per heavy atom. The molecule has 612 valence electrons. The summed E-state index contributed by atoms with van der Waals surface area (Å²) in [7, 11) is -9.91. The molecular weight excluding hydrogens is 1340 g/mol. The Morgan fingerprint density at radius 3 is 0.660 bits per heavy atom. The van der Waals surface area contributed by atoms with Gasteiger partial charge in [-0.1, -0.05) is 401 Å². The smallest absolute Gasteiger partial charge is 0.462 e. The molecule has 0 radical (unpaired) electrons. The minimum absolute atomic E-state index is 0.108. The van der Waals surface area contributed by atoms with E-state index < -0.39 is 97.5 Å². The lowest BCUT2D eigenvalue weighted by Crippen LogP contribution is -2.30. The molecule has 0 aliphatic rings. The van der Waals surface area contributed by atoms with Crippen LogP contribution in [0.3, 0.4) is 0 Å². The number of hydrogen-bond donors (Lipinski definition) is 3. The summed E-state index contributed by atoms with van der Waals surface area (Å²) in [6.07, 6.45) is 70.0. The van der Waals surface area contributed by atoms with Crippen molar-refractivity contribution in [2.75, 3.05) is 39.6 Å². The van der Waals surface area contributed by atoms with Crippen molar-refractivity contribution >= 4 is 39.5 Å². The highest BCUT2D eigenvalue weighted by Crippen LogP contribution is 2.45. The summed E-state index contributed by atoms with van der Waals surface area (Å²) >= 11 is 0. The van der Waals surface area contributed by atoms with Crippen molar-refractivity contribution in [3.8, 4) is 0 Å². The second-order valence-corrected chi connectivity index (χ2v) is 33.6. The second kappa shape index (κ2) is 76.8. The fourth-order valence-corrected chi connectivity index (χ4v) is 14.7. The number of hydrogen-bond acceptors (Lipinski definition) is 15. The normalized spacial score (nSPS) is 13.8. The van der Waals surface area contributed by atoms with Crippen LogP contribution in [-0.2, 0) is 65.4 Å². The van der Waals surface area contributed by atoms with Crippen LogP contribution in [0.25, 0.3) is 0 Å². The Morgan fingerprint density at radius 2 is 0.447 bits per heavy atom. The first-order chi connectivity index (χ1) is 50.0. The van der Waals surface area contributed by atoms with Gasteiger partial charge in [0.1, 0.15) is 19.3 Å². The van der Waals surface area contributed by atoms with E-state index in [1.165, 1.54) is 270 Å². The van der Waals surface area contributed by atoms with Gasteiger partial charge in [-0.3, -0.25) is 37.3 Å². The van der Waals surface area contributed by atoms with Crippen molar-refractivity contribution in [2.45, 2.75) is 470 Å². The van der Waals surface area contributed by atoms with Gasteiger partial charge in [-0.25, -0.2) is 9.13 Å². The molecule has 3 N–H and O–H groups in total. The van der Waals surface area contributed by atoms with Crippen molar-refractivity contribution in [1.29, 1.82) is 0 Å². The monoisotopic (exact) mass is 1510 g/mol. The molecule has 19 heteroatoms. The number of aliphatic hydroxyl groups excluding tert-OH is 1. The van der Waals surface area contributed by atoms with E-state index in [0.29, 0.717) is 25.7 Å². The number of rotatable bonds is 84. The van der Waals surface area contributed by atoms with Gasteiger partial charge in [-0.05, 0) is 31.6 Å². The predicted molar refractivity (Wildman–Crippen MR) is 423 cm³/mol. The number of ether oxygens (including phenoxy) is 4. The molecule has 103 heavy (non-hydrogen) atoms. The molecule has 0 saturated heterocycles. The number of unbranched alkanes of at least 4 members (excludes halogenated alkanes) is 56. The third-order valence-electron chi connectivity index (χ3n) is 19.8. The number of carbonyl (C=O) groups is 4. The number of carbonyl (C=O) groups excluding carboxylic acids is 4. The maximum Gasteiger partial charge on any atom is 0.472 e.